The van der Waals surface area contributed by atoms with Gasteiger partial charge in [-0.15, -0.1) is 0 Å². The smallest absolute Gasteiger partial charge is 0.748 e. The number of benzene rings is 2. The van der Waals surface area contributed by atoms with Gasteiger partial charge >= 0.3 is 37.7 Å². The average Bonchev–Trinajstić information content (AvgIpc) is 2.68. The van der Waals surface area contributed by atoms with Gasteiger partial charge in [0.1, 0.15) is 5.75 Å². The standard InChI is InChI=1S/C21H28O9S2.Ca/c1-29-19-7-3-6-18(21(19)22)12-16(14-32(26,27)28)11-17-9-8-15(13-20(17)30-2)5-4-10-31(23,24)25;/h3,6-9,13,16,22H,4-5,10-12,14H2,1-2H3,(H,23,24,25)(H,26,27,28);/q;+2/p-2. The number of hydrogen-bond acceptors (Lipinski definition) is 9. The predicted octanol–water partition coefficient (Wildman–Crippen LogP) is 1.45. The van der Waals surface area contributed by atoms with Gasteiger partial charge in [0, 0.05) is 11.5 Å². The molecule has 0 spiro atoms. The van der Waals surface area contributed by atoms with Crippen LogP contribution in [-0.2, 0) is 39.5 Å². The number of aromatic hydroxyl groups is 1. The molecule has 2 rings (SSSR count). The van der Waals surface area contributed by atoms with Crippen molar-refractivity contribution in [1.29, 1.82) is 0 Å². The minimum atomic E-state index is -4.54. The van der Waals surface area contributed by atoms with Crippen LogP contribution in [0.3, 0.4) is 0 Å². The van der Waals surface area contributed by atoms with Gasteiger partial charge in [-0.3, -0.25) is 0 Å². The van der Waals surface area contributed by atoms with Crippen LogP contribution in [0.5, 0.6) is 17.2 Å². The Hall–Kier alpha value is -1.08. The zero-order chi connectivity index (χ0) is 23.9. The largest absolute Gasteiger partial charge is 2.00 e. The summed E-state index contributed by atoms with van der Waals surface area (Å²) in [5.74, 6) is -1.15. The molecule has 0 aliphatic heterocycles. The Kier molecular flexibility index (Phi) is 11.9. The van der Waals surface area contributed by atoms with E-state index in [1.807, 2.05) is 0 Å². The fourth-order valence-electron chi connectivity index (χ4n) is 3.56. The topological polar surface area (TPSA) is 153 Å². The second-order valence-corrected chi connectivity index (χ2v) is 10.5. The third-order valence-electron chi connectivity index (χ3n) is 4.97. The summed E-state index contributed by atoms with van der Waals surface area (Å²) in [6.07, 6.45) is 0.835. The second kappa shape index (κ2) is 13.1. The first-order valence-corrected chi connectivity index (χ1v) is 12.9. The maximum absolute atomic E-state index is 11.5. The fourth-order valence-corrected chi connectivity index (χ4v) is 4.88. The van der Waals surface area contributed by atoms with E-state index in [4.69, 9.17) is 9.47 Å². The Labute approximate surface area is 224 Å². The summed E-state index contributed by atoms with van der Waals surface area (Å²) < 4.78 is 77.3. The van der Waals surface area contributed by atoms with Crippen LogP contribution in [0.4, 0.5) is 0 Å². The van der Waals surface area contributed by atoms with E-state index >= 15 is 0 Å². The Morgan fingerprint density at radius 1 is 0.909 bits per heavy atom. The van der Waals surface area contributed by atoms with Crippen LogP contribution in [0, 0.1) is 5.92 Å². The minimum absolute atomic E-state index is 0. The molecule has 9 nitrogen and oxygen atoms in total. The molecule has 0 bridgehead atoms. The molecule has 1 atom stereocenters. The Morgan fingerprint density at radius 2 is 1.55 bits per heavy atom. The van der Waals surface area contributed by atoms with Crippen molar-refractivity contribution in [1.82, 2.24) is 0 Å². The summed E-state index contributed by atoms with van der Waals surface area (Å²) in [6, 6.07) is 10.0. The van der Waals surface area contributed by atoms with E-state index in [1.165, 1.54) is 14.2 Å². The first-order valence-electron chi connectivity index (χ1n) is 9.79. The summed E-state index contributed by atoms with van der Waals surface area (Å²) in [7, 11) is -5.98. The molecule has 1 N–H and O–H groups in total. The molecule has 0 aliphatic rings. The maximum atomic E-state index is 11.5. The Bertz CT molecular complexity index is 1130. The molecule has 0 saturated heterocycles. The van der Waals surface area contributed by atoms with Gasteiger partial charge in [-0.2, -0.15) is 0 Å². The molecule has 178 valence electrons. The van der Waals surface area contributed by atoms with E-state index in [-0.39, 0.29) is 68.5 Å². The third kappa shape index (κ3) is 10.4. The maximum Gasteiger partial charge on any atom is 2.00 e. The molecule has 0 saturated carbocycles. The van der Waals surface area contributed by atoms with Crippen LogP contribution in [0.15, 0.2) is 36.4 Å². The van der Waals surface area contributed by atoms with Crippen molar-refractivity contribution < 1.29 is 40.5 Å². The van der Waals surface area contributed by atoms with E-state index in [9.17, 15) is 31.0 Å². The first kappa shape index (κ1) is 30.0. The summed E-state index contributed by atoms with van der Waals surface area (Å²) in [4.78, 5) is 0. The first-order chi connectivity index (χ1) is 14.9. The zero-order valence-corrected chi connectivity index (χ0v) is 22.4. The van der Waals surface area contributed by atoms with Crippen LogP contribution < -0.4 is 9.47 Å². The van der Waals surface area contributed by atoms with Crippen LogP contribution in [0.2, 0.25) is 0 Å². The molecule has 0 fully saturated rings. The van der Waals surface area contributed by atoms with Gasteiger partial charge in [0.2, 0.25) is 0 Å². The van der Waals surface area contributed by atoms with Crippen molar-refractivity contribution in [3.05, 3.63) is 53.1 Å². The average molecular weight is 527 g/mol. The molecule has 2 aromatic carbocycles. The van der Waals surface area contributed by atoms with Gasteiger partial charge in [-0.25, -0.2) is 16.8 Å². The molecular formula is C21H26CaO9S2. The van der Waals surface area contributed by atoms with Gasteiger partial charge in [-0.1, -0.05) is 24.3 Å². The number of para-hydroxylation sites is 1. The Morgan fingerprint density at radius 3 is 2.12 bits per heavy atom. The van der Waals surface area contributed by atoms with Gasteiger partial charge in [0.15, 0.2) is 11.5 Å². The third-order valence-corrected chi connectivity index (χ3v) is 6.64. The van der Waals surface area contributed by atoms with Crippen molar-refractivity contribution in [3.63, 3.8) is 0 Å². The normalized spacial score (nSPS) is 12.6. The number of rotatable bonds is 12. The van der Waals surface area contributed by atoms with Crippen molar-refractivity contribution >= 4 is 58.0 Å². The molecule has 0 amide bonds. The van der Waals surface area contributed by atoms with Crippen molar-refractivity contribution in [3.8, 4) is 17.2 Å². The second-order valence-electron chi connectivity index (χ2n) is 7.48. The van der Waals surface area contributed by atoms with Crippen molar-refractivity contribution in [2.24, 2.45) is 5.92 Å². The fraction of sp³-hybridized carbons (Fsp3) is 0.429. The van der Waals surface area contributed by atoms with Crippen LogP contribution in [0.25, 0.3) is 0 Å². The molecule has 0 aliphatic carbocycles. The number of hydrogen-bond donors (Lipinski definition) is 1. The molecule has 1 unspecified atom stereocenters. The number of phenols is 1. The monoisotopic (exact) mass is 526 g/mol. The van der Waals surface area contributed by atoms with Crippen LogP contribution in [-0.4, -0.2) is 94.5 Å². The van der Waals surface area contributed by atoms with Gasteiger partial charge in [-0.05, 0) is 60.4 Å². The number of aryl methyl sites for hydroxylation is 1. The molecule has 33 heavy (non-hydrogen) atoms. The molecule has 0 heterocycles. The molecule has 0 aromatic heterocycles. The number of phenolic OH excluding ortho intramolecular Hbond substituents is 1. The van der Waals surface area contributed by atoms with Gasteiger partial charge in [0.05, 0.1) is 34.5 Å². The summed E-state index contributed by atoms with van der Waals surface area (Å²) in [5.41, 5.74) is 1.86. The van der Waals surface area contributed by atoms with E-state index in [2.05, 4.69) is 0 Å². The zero-order valence-electron chi connectivity index (χ0n) is 18.5. The summed E-state index contributed by atoms with van der Waals surface area (Å²) >= 11 is 0. The Balaban J connectivity index is 0.00000544. The van der Waals surface area contributed by atoms with E-state index in [0.717, 1.165) is 5.56 Å². The SMILES string of the molecule is COc1cc(CCCS(=O)(=O)[O-])ccc1CC(Cc1cccc(OC)c1O)CS(=O)(=O)[O-].[Ca+2]. The van der Waals surface area contributed by atoms with E-state index in [0.29, 0.717) is 23.3 Å². The van der Waals surface area contributed by atoms with Crippen molar-refractivity contribution in [2.45, 2.75) is 25.7 Å². The summed E-state index contributed by atoms with van der Waals surface area (Å²) in [5, 5.41) is 10.3. The quantitative estimate of drug-likeness (QED) is 0.320. The molecule has 0 radical (unpaired) electrons. The minimum Gasteiger partial charge on any atom is -0.748 e. The molecule has 2 aromatic rings. The van der Waals surface area contributed by atoms with Crippen LogP contribution in [0.1, 0.15) is 23.1 Å². The van der Waals surface area contributed by atoms with E-state index < -0.39 is 37.7 Å². The number of ether oxygens (including phenoxy) is 2. The van der Waals surface area contributed by atoms with Crippen molar-refractivity contribution in [2.75, 3.05) is 25.7 Å². The van der Waals surface area contributed by atoms with Gasteiger partial charge < -0.3 is 23.7 Å². The molecular weight excluding hydrogens is 500 g/mol. The molecule has 12 heteroatoms. The number of methoxy groups -OCH3 is 2. The summed E-state index contributed by atoms with van der Waals surface area (Å²) in [6.45, 7) is 0. The van der Waals surface area contributed by atoms with Crippen LogP contribution >= 0.6 is 0 Å². The van der Waals surface area contributed by atoms with Gasteiger partial charge in [0.25, 0.3) is 0 Å². The van der Waals surface area contributed by atoms with E-state index in [1.54, 1.807) is 36.4 Å². The predicted molar refractivity (Wildman–Crippen MR) is 122 cm³/mol.